The second-order valence-electron chi connectivity index (χ2n) is 7.51. The highest BCUT2D eigenvalue weighted by Gasteiger charge is 2.29. The van der Waals surface area contributed by atoms with Crippen LogP contribution in [-0.4, -0.2) is 48.5 Å². The van der Waals surface area contributed by atoms with Gasteiger partial charge >= 0.3 is 0 Å². The van der Waals surface area contributed by atoms with Crippen LogP contribution in [0.4, 0.5) is 0 Å². The predicted octanol–water partition coefficient (Wildman–Crippen LogP) is 3.06. The van der Waals surface area contributed by atoms with Crippen molar-refractivity contribution in [1.82, 2.24) is 29.5 Å². The zero-order valence-corrected chi connectivity index (χ0v) is 16.0. The van der Waals surface area contributed by atoms with E-state index in [0.717, 1.165) is 31.5 Å². The van der Waals surface area contributed by atoms with Gasteiger partial charge in [0.05, 0.1) is 6.20 Å². The van der Waals surface area contributed by atoms with Crippen LogP contribution in [0.3, 0.4) is 0 Å². The van der Waals surface area contributed by atoms with Crippen LogP contribution in [0.15, 0.2) is 61.2 Å². The third-order valence-corrected chi connectivity index (χ3v) is 5.56. The lowest BCUT2D eigenvalue weighted by atomic mass is 9.90. The normalized spacial score (nSPS) is 17.0. The number of carbonyl (C=O) groups is 1. The number of nitrogens with zero attached hydrogens (tertiary/aromatic N) is 5. The largest absolute Gasteiger partial charge is 0.337 e. The van der Waals surface area contributed by atoms with Gasteiger partial charge in [-0.05, 0) is 30.0 Å². The molecule has 1 aliphatic heterocycles. The summed E-state index contributed by atoms with van der Waals surface area (Å²) in [4.78, 5) is 23.6. The van der Waals surface area contributed by atoms with Crippen molar-refractivity contribution in [2.24, 2.45) is 0 Å². The highest BCUT2D eigenvalue weighted by atomic mass is 16.2. The molecule has 0 saturated carbocycles. The number of fused-ring (bicyclic) bond motifs is 1. The second kappa shape index (κ2) is 7.50. The number of hydrogen-bond donors (Lipinski definition) is 1. The van der Waals surface area contributed by atoms with Gasteiger partial charge in [0, 0.05) is 49.7 Å². The molecule has 1 aliphatic rings. The number of carbonyl (C=O) groups excluding carboxylic acids is 1. The van der Waals surface area contributed by atoms with E-state index in [2.05, 4.69) is 44.4 Å². The summed E-state index contributed by atoms with van der Waals surface area (Å²) in [5.74, 6) is 0.761. The third kappa shape index (κ3) is 3.51. The molecule has 7 nitrogen and oxygen atoms in total. The molecule has 1 saturated heterocycles. The van der Waals surface area contributed by atoms with Gasteiger partial charge in [0.2, 0.25) is 5.78 Å². The Balaban J connectivity index is 1.34. The van der Waals surface area contributed by atoms with Crippen molar-refractivity contribution < 1.29 is 4.79 Å². The van der Waals surface area contributed by atoms with E-state index in [4.69, 9.17) is 0 Å². The summed E-state index contributed by atoms with van der Waals surface area (Å²) in [7, 11) is 0. The van der Waals surface area contributed by atoms with Crippen molar-refractivity contribution in [1.29, 1.82) is 0 Å². The van der Waals surface area contributed by atoms with Crippen molar-refractivity contribution in [3.05, 3.63) is 83.7 Å². The molecule has 0 radical (unpaired) electrons. The van der Waals surface area contributed by atoms with E-state index < -0.39 is 0 Å². The van der Waals surface area contributed by atoms with Crippen molar-refractivity contribution in [2.75, 3.05) is 13.1 Å². The van der Waals surface area contributed by atoms with Crippen LogP contribution in [-0.2, 0) is 6.42 Å². The van der Waals surface area contributed by atoms with Gasteiger partial charge < -0.3 is 4.90 Å². The molecule has 146 valence electrons. The lowest BCUT2D eigenvalue weighted by Gasteiger charge is -2.32. The van der Waals surface area contributed by atoms with Crippen molar-refractivity contribution in [2.45, 2.75) is 25.2 Å². The summed E-state index contributed by atoms with van der Waals surface area (Å²) in [5.41, 5.74) is 4.05. The smallest absolute Gasteiger partial charge is 0.274 e. The Morgan fingerprint density at radius 1 is 1.21 bits per heavy atom. The topological polar surface area (TPSA) is 79.2 Å². The Kier molecular flexibility index (Phi) is 4.56. The minimum absolute atomic E-state index is 0.0377. The highest BCUT2D eigenvalue weighted by Crippen LogP contribution is 2.29. The third-order valence-electron chi connectivity index (χ3n) is 5.56. The first-order valence-corrected chi connectivity index (χ1v) is 9.93. The first kappa shape index (κ1) is 17.6. The number of hydrogen-bond acceptors (Lipinski definition) is 4. The van der Waals surface area contributed by atoms with Crippen LogP contribution in [0.5, 0.6) is 0 Å². The number of aromatic amines is 1. The molecule has 4 aromatic rings. The number of H-pyrrole nitrogens is 1. The van der Waals surface area contributed by atoms with Gasteiger partial charge in [-0.25, -0.2) is 9.97 Å². The Morgan fingerprint density at radius 2 is 2.10 bits per heavy atom. The Hall–Kier alpha value is -3.48. The molecular weight excluding hydrogens is 364 g/mol. The summed E-state index contributed by atoms with van der Waals surface area (Å²) < 4.78 is 1.78. The minimum atomic E-state index is -0.0377. The van der Waals surface area contributed by atoms with Gasteiger partial charge in [0.25, 0.3) is 5.91 Å². The van der Waals surface area contributed by atoms with E-state index in [1.165, 1.54) is 11.1 Å². The van der Waals surface area contributed by atoms with Crippen LogP contribution in [0.1, 0.15) is 46.1 Å². The summed E-state index contributed by atoms with van der Waals surface area (Å²) >= 11 is 0. The molecule has 3 aromatic heterocycles. The van der Waals surface area contributed by atoms with Crippen LogP contribution >= 0.6 is 0 Å². The molecule has 1 N–H and O–H groups in total. The van der Waals surface area contributed by atoms with Crippen molar-refractivity contribution in [3.8, 4) is 0 Å². The molecule has 1 atom stereocenters. The average molecular weight is 386 g/mol. The Bertz CT molecular complexity index is 1100. The van der Waals surface area contributed by atoms with Crippen LogP contribution in [0, 0.1) is 0 Å². The number of likely N-dealkylation sites (tertiary alicyclic amines) is 1. The van der Waals surface area contributed by atoms with Gasteiger partial charge in [-0.1, -0.05) is 30.3 Å². The first-order chi connectivity index (χ1) is 14.3. The van der Waals surface area contributed by atoms with E-state index >= 15 is 0 Å². The van der Waals surface area contributed by atoms with Crippen molar-refractivity contribution in [3.63, 3.8) is 0 Å². The molecule has 7 heteroatoms. The van der Waals surface area contributed by atoms with Crippen LogP contribution < -0.4 is 0 Å². The van der Waals surface area contributed by atoms with Crippen LogP contribution in [0.25, 0.3) is 5.78 Å². The Morgan fingerprint density at radius 3 is 2.97 bits per heavy atom. The van der Waals surface area contributed by atoms with E-state index in [9.17, 15) is 4.79 Å². The molecule has 1 amide bonds. The summed E-state index contributed by atoms with van der Waals surface area (Å²) in [6.45, 7) is 1.42. The molecule has 0 bridgehead atoms. The van der Waals surface area contributed by atoms with E-state index in [1.807, 2.05) is 29.4 Å². The molecular formula is C22H22N6O. The number of rotatable bonds is 4. The van der Waals surface area contributed by atoms with E-state index in [0.29, 0.717) is 18.0 Å². The molecule has 29 heavy (non-hydrogen) atoms. The fraction of sp³-hybridized carbons (Fsp3) is 0.273. The molecule has 0 spiro atoms. The van der Waals surface area contributed by atoms with E-state index in [-0.39, 0.29) is 11.8 Å². The number of benzene rings is 1. The van der Waals surface area contributed by atoms with Gasteiger partial charge in [-0.2, -0.15) is 5.10 Å². The maximum absolute atomic E-state index is 13.1. The number of piperidine rings is 1. The molecule has 4 heterocycles. The van der Waals surface area contributed by atoms with Crippen molar-refractivity contribution >= 4 is 11.7 Å². The standard InChI is InChI=1S/C22H22N6O/c29-21(19-15-28-11-5-9-23-22(28)25-19)27-10-4-8-17(14-27)20-18(13-24-26-20)12-16-6-2-1-3-7-16/h1-3,5-7,9,11,13,15,17H,4,8,10,12,14H2,(H,24,26)/t17-/m1/s1. The number of aromatic nitrogens is 5. The van der Waals surface area contributed by atoms with Gasteiger partial charge in [-0.3, -0.25) is 14.3 Å². The van der Waals surface area contributed by atoms with E-state index in [1.54, 1.807) is 16.8 Å². The Labute approximate surface area is 168 Å². The maximum atomic E-state index is 13.1. The zero-order chi connectivity index (χ0) is 19.6. The molecule has 0 unspecified atom stereocenters. The monoisotopic (exact) mass is 386 g/mol. The zero-order valence-electron chi connectivity index (χ0n) is 16.0. The number of amides is 1. The summed E-state index contributed by atoms with van der Waals surface area (Å²) in [5, 5.41) is 7.50. The molecule has 1 aromatic carbocycles. The molecule has 5 rings (SSSR count). The minimum Gasteiger partial charge on any atom is -0.337 e. The fourth-order valence-corrected chi connectivity index (χ4v) is 4.12. The van der Waals surface area contributed by atoms with Gasteiger partial charge in [0.15, 0.2) is 0 Å². The number of nitrogens with one attached hydrogen (secondary N) is 1. The predicted molar refractivity (Wildman–Crippen MR) is 109 cm³/mol. The second-order valence-corrected chi connectivity index (χ2v) is 7.51. The SMILES string of the molecule is O=C(c1cn2cccnc2n1)N1CCC[C@@H](c2[nH]ncc2Cc2ccccc2)C1. The van der Waals surface area contributed by atoms with Gasteiger partial charge in [-0.15, -0.1) is 0 Å². The lowest BCUT2D eigenvalue weighted by molar-refractivity contribution is 0.0700. The maximum Gasteiger partial charge on any atom is 0.274 e. The lowest BCUT2D eigenvalue weighted by Crippen LogP contribution is -2.39. The summed E-state index contributed by atoms with van der Waals surface area (Å²) in [6, 6.07) is 12.2. The quantitative estimate of drug-likeness (QED) is 0.585. The van der Waals surface area contributed by atoms with Gasteiger partial charge in [0.1, 0.15) is 5.69 Å². The highest BCUT2D eigenvalue weighted by molar-refractivity contribution is 5.92. The van der Waals surface area contributed by atoms with Crippen LogP contribution in [0.2, 0.25) is 0 Å². The average Bonchev–Trinajstić information content (AvgIpc) is 3.41. The fourth-order valence-electron chi connectivity index (χ4n) is 4.12. The molecule has 1 fully saturated rings. The summed E-state index contributed by atoms with van der Waals surface area (Å²) in [6.07, 6.45) is 10.1. The number of imidazole rings is 1. The molecule has 0 aliphatic carbocycles. The first-order valence-electron chi connectivity index (χ1n) is 9.93.